The average molecular weight is 389 g/mol. The van der Waals surface area contributed by atoms with Crippen molar-refractivity contribution in [3.8, 4) is 0 Å². The lowest BCUT2D eigenvalue weighted by atomic mass is 10.1. The van der Waals surface area contributed by atoms with Crippen LogP contribution in [0.25, 0.3) is 0 Å². The number of anilines is 1. The van der Waals surface area contributed by atoms with Crippen molar-refractivity contribution in [2.24, 2.45) is 0 Å². The van der Waals surface area contributed by atoms with Gasteiger partial charge in [0, 0.05) is 19.0 Å². The van der Waals surface area contributed by atoms with Gasteiger partial charge in [0.1, 0.15) is 18.0 Å². The van der Waals surface area contributed by atoms with Gasteiger partial charge in [0.25, 0.3) is 5.56 Å². The van der Waals surface area contributed by atoms with Gasteiger partial charge >= 0.3 is 5.69 Å². The highest BCUT2D eigenvalue weighted by Gasteiger charge is 2.35. The standard InChI is InChI=1S/C19H23N3O6/c23-11-15-14(24)9-17(28-15)22-10-13(18(26)21-19(22)27)20-16(25)8-4-7-12-5-2-1-3-6-12/h1-3,5-6,10,14-15,17,23-24H,4,7-9,11H2,(H,20,25)(H,21,26,27)/t14?,15-,17-/m0/s1. The average Bonchev–Trinajstić information content (AvgIpc) is 3.05. The van der Waals surface area contributed by atoms with Crippen LogP contribution in [0.1, 0.15) is 31.1 Å². The fraction of sp³-hybridized carbons (Fsp3) is 0.421. The fourth-order valence-corrected chi connectivity index (χ4v) is 3.15. The highest BCUT2D eigenvalue weighted by Crippen LogP contribution is 2.27. The number of aliphatic hydroxyl groups excluding tert-OH is 2. The Bertz CT molecular complexity index is 923. The number of aromatic amines is 1. The molecule has 0 spiro atoms. The Balaban J connectivity index is 1.64. The largest absolute Gasteiger partial charge is 0.394 e. The molecule has 3 rings (SSSR count). The van der Waals surface area contributed by atoms with E-state index in [2.05, 4.69) is 10.3 Å². The van der Waals surface area contributed by atoms with Gasteiger partial charge in [0.05, 0.1) is 12.7 Å². The Morgan fingerprint density at radius 2 is 2.04 bits per heavy atom. The number of ether oxygens (including phenoxy) is 1. The molecule has 2 heterocycles. The highest BCUT2D eigenvalue weighted by atomic mass is 16.5. The second kappa shape index (κ2) is 8.96. The minimum atomic E-state index is -0.926. The number of aliphatic hydroxyl groups is 2. The van der Waals surface area contributed by atoms with Crippen molar-refractivity contribution in [2.45, 2.75) is 44.1 Å². The van der Waals surface area contributed by atoms with E-state index in [1.807, 2.05) is 30.3 Å². The number of nitrogens with zero attached hydrogens (tertiary/aromatic N) is 1. The van der Waals surface area contributed by atoms with Gasteiger partial charge in [0.2, 0.25) is 5.91 Å². The molecule has 1 aromatic heterocycles. The van der Waals surface area contributed by atoms with Gasteiger partial charge in [-0.1, -0.05) is 30.3 Å². The molecule has 9 heteroatoms. The predicted octanol–water partition coefficient (Wildman–Crippen LogP) is 0.139. The van der Waals surface area contributed by atoms with Crippen LogP contribution < -0.4 is 16.6 Å². The van der Waals surface area contributed by atoms with E-state index < -0.39 is 29.7 Å². The van der Waals surface area contributed by atoms with Gasteiger partial charge < -0.3 is 20.3 Å². The van der Waals surface area contributed by atoms with Crippen molar-refractivity contribution in [3.05, 3.63) is 62.9 Å². The van der Waals surface area contributed by atoms with Crippen LogP contribution in [0.4, 0.5) is 5.69 Å². The van der Waals surface area contributed by atoms with E-state index in [0.29, 0.717) is 6.42 Å². The first-order valence-electron chi connectivity index (χ1n) is 9.11. The predicted molar refractivity (Wildman–Crippen MR) is 101 cm³/mol. The fourth-order valence-electron chi connectivity index (χ4n) is 3.15. The Morgan fingerprint density at radius 1 is 1.29 bits per heavy atom. The van der Waals surface area contributed by atoms with Crippen LogP contribution in [0, 0.1) is 0 Å². The Morgan fingerprint density at radius 3 is 2.71 bits per heavy atom. The molecule has 1 unspecified atom stereocenters. The number of rotatable bonds is 7. The van der Waals surface area contributed by atoms with Gasteiger partial charge in [-0.25, -0.2) is 4.79 Å². The second-order valence-corrected chi connectivity index (χ2v) is 6.71. The number of nitrogens with one attached hydrogen (secondary N) is 2. The van der Waals surface area contributed by atoms with E-state index in [4.69, 9.17) is 9.84 Å². The molecule has 1 aromatic carbocycles. The maximum atomic E-state index is 12.2. The van der Waals surface area contributed by atoms with Crippen LogP contribution in [0.2, 0.25) is 0 Å². The molecule has 150 valence electrons. The van der Waals surface area contributed by atoms with E-state index in [1.165, 1.54) is 6.20 Å². The molecule has 1 amide bonds. The molecular formula is C19H23N3O6. The first-order chi connectivity index (χ1) is 13.5. The summed E-state index contributed by atoms with van der Waals surface area (Å²) in [5.74, 6) is -0.341. The zero-order valence-corrected chi connectivity index (χ0v) is 15.2. The normalized spacial score (nSPS) is 21.6. The minimum absolute atomic E-state index is 0.0742. The van der Waals surface area contributed by atoms with Crippen molar-refractivity contribution >= 4 is 11.6 Å². The minimum Gasteiger partial charge on any atom is -0.394 e. The molecule has 0 radical (unpaired) electrons. The smallest absolute Gasteiger partial charge is 0.330 e. The third kappa shape index (κ3) is 4.75. The van der Waals surface area contributed by atoms with E-state index >= 15 is 0 Å². The molecule has 1 aliphatic heterocycles. The van der Waals surface area contributed by atoms with Gasteiger partial charge in [-0.3, -0.25) is 19.1 Å². The summed E-state index contributed by atoms with van der Waals surface area (Å²) in [5, 5.41) is 21.5. The molecule has 9 nitrogen and oxygen atoms in total. The van der Waals surface area contributed by atoms with Crippen LogP contribution >= 0.6 is 0 Å². The molecular weight excluding hydrogens is 366 g/mol. The maximum absolute atomic E-state index is 12.2. The third-order valence-corrected chi connectivity index (χ3v) is 4.65. The van der Waals surface area contributed by atoms with Crippen LogP contribution in [0.5, 0.6) is 0 Å². The van der Waals surface area contributed by atoms with Crippen molar-refractivity contribution in [3.63, 3.8) is 0 Å². The summed E-state index contributed by atoms with van der Waals surface area (Å²) >= 11 is 0. The zero-order valence-electron chi connectivity index (χ0n) is 15.2. The molecule has 4 N–H and O–H groups in total. The molecule has 0 saturated carbocycles. The molecule has 3 atom stereocenters. The molecule has 0 bridgehead atoms. The van der Waals surface area contributed by atoms with E-state index in [9.17, 15) is 19.5 Å². The Hall–Kier alpha value is -2.75. The maximum Gasteiger partial charge on any atom is 0.330 e. The van der Waals surface area contributed by atoms with Gasteiger partial charge in [-0.15, -0.1) is 0 Å². The lowest BCUT2D eigenvalue weighted by molar-refractivity contribution is -0.116. The van der Waals surface area contributed by atoms with E-state index in [1.54, 1.807) is 0 Å². The molecule has 2 aromatic rings. The van der Waals surface area contributed by atoms with Crippen LogP contribution in [-0.4, -0.2) is 44.5 Å². The molecule has 1 aliphatic rings. The summed E-state index contributed by atoms with van der Waals surface area (Å²) in [6.45, 7) is -0.388. The zero-order chi connectivity index (χ0) is 20.1. The number of hydrogen-bond acceptors (Lipinski definition) is 6. The number of benzene rings is 1. The van der Waals surface area contributed by atoms with Crippen molar-refractivity contribution < 1.29 is 19.7 Å². The Kier molecular flexibility index (Phi) is 6.40. The second-order valence-electron chi connectivity index (χ2n) is 6.71. The SMILES string of the molecule is O=C(CCCc1ccccc1)Nc1cn([C@@H]2CC(O)[C@H](CO)O2)c(=O)[nH]c1=O. The topological polar surface area (TPSA) is 134 Å². The first kappa shape index (κ1) is 20.0. The number of aromatic nitrogens is 2. The lowest BCUT2D eigenvalue weighted by Crippen LogP contribution is -2.34. The van der Waals surface area contributed by atoms with Gasteiger partial charge in [0.15, 0.2) is 0 Å². The first-order valence-corrected chi connectivity index (χ1v) is 9.11. The molecule has 1 fully saturated rings. The molecule has 1 saturated heterocycles. The molecule has 28 heavy (non-hydrogen) atoms. The van der Waals surface area contributed by atoms with Crippen molar-refractivity contribution in [2.75, 3.05) is 11.9 Å². The highest BCUT2D eigenvalue weighted by molar-refractivity contribution is 5.90. The van der Waals surface area contributed by atoms with Crippen LogP contribution in [0.3, 0.4) is 0 Å². The number of hydrogen-bond donors (Lipinski definition) is 4. The number of carbonyl (C=O) groups is 1. The quantitative estimate of drug-likeness (QED) is 0.532. The Labute approximate surface area is 160 Å². The lowest BCUT2D eigenvalue weighted by Gasteiger charge is -2.15. The third-order valence-electron chi connectivity index (χ3n) is 4.65. The van der Waals surface area contributed by atoms with Crippen LogP contribution in [-0.2, 0) is 16.0 Å². The summed E-state index contributed by atoms with van der Waals surface area (Å²) in [6, 6.07) is 9.75. The molecule has 0 aliphatic carbocycles. The van der Waals surface area contributed by atoms with Crippen molar-refractivity contribution in [1.82, 2.24) is 9.55 Å². The van der Waals surface area contributed by atoms with E-state index in [0.717, 1.165) is 16.6 Å². The summed E-state index contributed by atoms with van der Waals surface area (Å²) in [5.41, 5.74) is -0.385. The number of H-pyrrole nitrogens is 1. The number of aryl methyl sites for hydroxylation is 1. The van der Waals surface area contributed by atoms with E-state index in [-0.39, 0.29) is 31.0 Å². The monoisotopic (exact) mass is 389 g/mol. The number of carbonyl (C=O) groups excluding carboxylic acids is 1. The van der Waals surface area contributed by atoms with Gasteiger partial charge in [-0.05, 0) is 18.4 Å². The van der Waals surface area contributed by atoms with Crippen LogP contribution in [0.15, 0.2) is 46.1 Å². The van der Waals surface area contributed by atoms with Crippen molar-refractivity contribution in [1.29, 1.82) is 0 Å². The summed E-state index contributed by atoms with van der Waals surface area (Å²) in [7, 11) is 0. The summed E-state index contributed by atoms with van der Waals surface area (Å²) in [4.78, 5) is 38.4. The van der Waals surface area contributed by atoms with Gasteiger partial charge in [-0.2, -0.15) is 0 Å². The summed E-state index contributed by atoms with van der Waals surface area (Å²) in [6.07, 6.45) is 0.285. The number of amides is 1. The summed E-state index contributed by atoms with van der Waals surface area (Å²) < 4.78 is 6.53.